The highest BCUT2D eigenvalue weighted by atomic mass is 16.6. The van der Waals surface area contributed by atoms with Crippen LogP contribution in [0.5, 0.6) is 0 Å². The Balaban J connectivity index is 1.91. The van der Waals surface area contributed by atoms with E-state index in [9.17, 15) is 4.79 Å². The molecule has 0 spiro atoms. The van der Waals surface area contributed by atoms with Crippen LogP contribution in [0.4, 0.5) is 16.3 Å². The van der Waals surface area contributed by atoms with Crippen molar-refractivity contribution in [3.63, 3.8) is 0 Å². The number of aromatic nitrogens is 1. The molecule has 1 amide bonds. The van der Waals surface area contributed by atoms with Crippen molar-refractivity contribution < 1.29 is 9.53 Å². The molecular weight excluding hydrogens is 320 g/mol. The average Bonchev–Trinajstić information content (AvgIpc) is 2.58. The van der Waals surface area contributed by atoms with E-state index >= 15 is 0 Å². The zero-order valence-electron chi connectivity index (χ0n) is 15.1. The number of nitrogens with one attached hydrogen (secondary N) is 3. The number of anilines is 2. The van der Waals surface area contributed by atoms with E-state index < -0.39 is 5.60 Å². The number of rotatable bonds is 5. The van der Waals surface area contributed by atoms with E-state index in [1.165, 1.54) is 5.57 Å². The van der Waals surface area contributed by atoms with E-state index in [2.05, 4.69) is 27.2 Å². The molecule has 25 heavy (non-hydrogen) atoms. The second-order valence-corrected chi connectivity index (χ2v) is 7.16. The van der Waals surface area contributed by atoms with Crippen LogP contribution in [0.1, 0.15) is 45.6 Å². The van der Waals surface area contributed by atoms with Crippen LogP contribution in [0.2, 0.25) is 0 Å². The van der Waals surface area contributed by atoms with Gasteiger partial charge in [-0.05, 0) is 63.2 Å². The Morgan fingerprint density at radius 3 is 2.68 bits per heavy atom. The predicted octanol–water partition coefficient (Wildman–Crippen LogP) is 2.36. The number of pyridine rings is 1. The zero-order chi connectivity index (χ0) is 18.4. The maximum atomic E-state index is 11.7. The Kier molecular flexibility index (Phi) is 6.22. The predicted molar refractivity (Wildman–Crippen MR) is 99.4 cm³/mol. The largest absolute Gasteiger partial charge is 0.444 e. The van der Waals surface area contributed by atoms with Gasteiger partial charge in [0.15, 0.2) is 5.82 Å². The molecule has 1 aliphatic rings. The Labute approximate surface area is 148 Å². The van der Waals surface area contributed by atoms with Crippen LogP contribution < -0.4 is 27.9 Å². The van der Waals surface area contributed by atoms with Gasteiger partial charge in [0, 0.05) is 12.7 Å². The quantitative estimate of drug-likeness (QED) is 0.408. The number of nitrogens with two attached hydrogens (primary N) is 2. The van der Waals surface area contributed by atoms with Gasteiger partial charge in [0.2, 0.25) is 0 Å². The lowest BCUT2D eigenvalue weighted by molar-refractivity contribution is 0.0518. The molecular formula is C17H28N6O2. The third-order valence-electron chi connectivity index (χ3n) is 4.00. The van der Waals surface area contributed by atoms with Crippen LogP contribution in [0.25, 0.3) is 5.57 Å². The molecule has 0 aromatic carbocycles. The standard InChI is InChI=1S/C17H28N6O2/c1-17(2,3)25-16(24)21-9-11-4-6-12(7-5-11)13-8-14(22-18)15(23-19)20-10-13/h6,8,10-11,22H,4-5,7,9,18-19H2,1-3H3,(H,20,23)(H,21,24). The summed E-state index contributed by atoms with van der Waals surface area (Å²) in [4.78, 5) is 16.0. The van der Waals surface area contributed by atoms with Crippen LogP contribution in [-0.2, 0) is 4.74 Å². The fraction of sp³-hybridized carbons (Fsp3) is 0.529. The minimum Gasteiger partial charge on any atom is -0.444 e. The van der Waals surface area contributed by atoms with Crippen LogP contribution in [0.15, 0.2) is 18.3 Å². The highest BCUT2D eigenvalue weighted by Gasteiger charge is 2.20. The molecule has 0 saturated carbocycles. The number of nitrogens with zero attached hydrogens (tertiary/aromatic N) is 1. The van der Waals surface area contributed by atoms with Gasteiger partial charge in [-0.25, -0.2) is 15.6 Å². The number of hydrogen-bond donors (Lipinski definition) is 5. The molecule has 138 valence electrons. The number of ether oxygens (including phenoxy) is 1. The first-order chi connectivity index (χ1) is 11.8. The number of carbonyl (C=O) groups is 1. The van der Waals surface area contributed by atoms with Crippen molar-refractivity contribution in [2.24, 2.45) is 17.6 Å². The molecule has 0 saturated heterocycles. The number of alkyl carbamates (subject to hydrolysis) is 1. The first-order valence-corrected chi connectivity index (χ1v) is 8.42. The number of hydrogen-bond acceptors (Lipinski definition) is 7. The summed E-state index contributed by atoms with van der Waals surface area (Å²) in [5.41, 5.74) is 7.51. The number of amides is 1. The fourth-order valence-corrected chi connectivity index (χ4v) is 2.74. The average molecular weight is 348 g/mol. The van der Waals surface area contributed by atoms with E-state index in [-0.39, 0.29) is 6.09 Å². The third kappa shape index (κ3) is 5.61. The molecule has 8 nitrogen and oxygen atoms in total. The second-order valence-electron chi connectivity index (χ2n) is 7.16. The Bertz CT molecular complexity index is 639. The Hall–Kier alpha value is -2.32. The van der Waals surface area contributed by atoms with E-state index in [4.69, 9.17) is 16.4 Å². The maximum Gasteiger partial charge on any atom is 0.407 e. The molecule has 7 N–H and O–H groups in total. The second kappa shape index (κ2) is 8.17. The van der Waals surface area contributed by atoms with Crippen molar-refractivity contribution in [1.82, 2.24) is 10.3 Å². The Morgan fingerprint density at radius 1 is 1.36 bits per heavy atom. The summed E-state index contributed by atoms with van der Waals surface area (Å²) in [7, 11) is 0. The van der Waals surface area contributed by atoms with Crippen molar-refractivity contribution in [2.75, 3.05) is 17.4 Å². The normalized spacial score (nSPS) is 17.5. The van der Waals surface area contributed by atoms with Gasteiger partial charge < -0.3 is 20.9 Å². The minimum absolute atomic E-state index is 0.366. The van der Waals surface area contributed by atoms with Gasteiger partial charge >= 0.3 is 6.09 Å². The van der Waals surface area contributed by atoms with Crippen LogP contribution in [-0.4, -0.2) is 23.2 Å². The van der Waals surface area contributed by atoms with Crippen molar-refractivity contribution in [1.29, 1.82) is 0 Å². The smallest absolute Gasteiger partial charge is 0.407 e. The lowest BCUT2D eigenvalue weighted by Crippen LogP contribution is -2.35. The molecule has 1 aliphatic carbocycles. The van der Waals surface area contributed by atoms with Gasteiger partial charge in [0.05, 0.1) is 5.69 Å². The van der Waals surface area contributed by atoms with Crippen molar-refractivity contribution >= 4 is 23.2 Å². The molecule has 1 aromatic rings. The van der Waals surface area contributed by atoms with Crippen LogP contribution in [0.3, 0.4) is 0 Å². The molecule has 8 heteroatoms. The summed E-state index contributed by atoms with van der Waals surface area (Å²) in [6.07, 6.45) is 6.41. The summed E-state index contributed by atoms with van der Waals surface area (Å²) in [6.45, 7) is 6.17. The van der Waals surface area contributed by atoms with E-state index in [1.807, 2.05) is 26.8 Å². The van der Waals surface area contributed by atoms with Gasteiger partial charge in [-0.2, -0.15) is 0 Å². The molecule has 1 unspecified atom stereocenters. The summed E-state index contributed by atoms with van der Waals surface area (Å²) in [5, 5.41) is 2.85. The SMILES string of the molecule is CC(C)(C)OC(=O)NCC1CC=C(c2cnc(NN)c(NN)c2)CC1. The lowest BCUT2D eigenvalue weighted by atomic mass is 9.87. The van der Waals surface area contributed by atoms with Crippen molar-refractivity contribution in [2.45, 2.75) is 45.6 Å². The monoisotopic (exact) mass is 348 g/mol. The highest BCUT2D eigenvalue weighted by Crippen LogP contribution is 2.32. The first kappa shape index (κ1) is 19.0. The molecule has 0 aliphatic heterocycles. The van der Waals surface area contributed by atoms with Gasteiger partial charge in [0.1, 0.15) is 5.60 Å². The molecule has 1 atom stereocenters. The molecule has 0 bridgehead atoms. The Morgan fingerprint density at radius 2 is 2.12 bits per heavy atom. The van der Waals surface area contributed by atoms with Crippen molar-refractivity contribution in [3.8, 4) is 0 Å². The van der Waals surface area contributed by atoms with Gasteiger partial charge in [0.25, 0.3) is 0 Å². The molecule has 0 radical (unpaired) electrons. The van der Waals surface area contributed by atoms with Crippen LogP contribution in [0, 0.1) is 5.92 Å². The number of carbonyl (C=O) groups excluding carboxylic acids is 1. The van der Waals surface area contributed by atoms with E-state index in [0.717, 1.165) is 24.8 Å². The maximum absolute atomic E-state index is 11.7. The summed E-state index contributed by atoms with van der Waals surface area (Å²) in [6, 6.07) is 1.92. The minimum atomic E-state index is -0.476. The van der Waals surface area contributed by atoms with Crippen LogP contribution >= 0.6 is 0 Å². The highest BCUT2D eigenvalue weighted by molar-refractivity contribution is 5.73. The number of nitrogen functional groups attached to an aromatic ring is 2. The summed E-state index contributed by atoms with van der Waals surface area (Å²) in [5.74, 6) is 11.8. The van der Waals surface area contributed by atoms with Gasteiger partial charge in [-0.1, -0.05) is 6.08 Å². The summed E-state index contributed by atoms with van der Waals surface area (Å²) < 4.78 is 5.26. The van der Waals surface area contributed by atoms with E-state index in [0.29, 0.717) is 24.0 Å². The molecule has 1 heterocycles. The fourth-order valence-electron chi connectivity index (χ4n) is 2.74. The third-order valence-corrected chi connectivity index (χ3v) is 4.00. The van der Waals surface area contributed by atoms with Gasteiger partial charge in [-0.3, -0.25) is 5.84 Å². The molecule has 2 rings (SSSR count). The van der Waals surface area contributed by atoms with Gasteiger partial charge in [-0.15, -0.1) is 0 Å². The molecule has 1 aromatic heterocycles. The van der Waals surface area contributed by atoms with Crippen molar-refractivity contribution in [3.05, 3.63) is 23.9 Å². The van der Waals surface area contributed by atoms with E-state index in [1.54, 1.807) is 6.20 Å². The lowest BCUT2D eigenvalue weighted by Gasteiger charge is -2.24. The number of allylic oxidation sites excluding steroid dienone is 2. The first-order valence-electron chi connectivity index (χ1n) is 8.42. The topological polar surface area (TPSA) is 127 Å². The molecule has 0 fully saturated rings. The summed E-state index contributed by atoms with van der Waals surface area (Å²) >= 11 is 0. The zero-order valence-corrected chi connectivity index (χ0v) is 15.1. The number of hydrazine groups is 2.